The van der Waals surface area contributed by atoms with Gasteiger partial charge in [0.15, 0.2) is 0 Å². The lowest BCUT2D eigenvalue weighted by Gasteiger charge is -2.39. The SMILES string of the molecule is CC(SCc1ccccc1)C(=O)N1CCCCC1C(C)N.Cl. The van der Waals surface area contributed by atoms with E-state index < -0.39 is 0 Å². The first-order chi connectivity index (χ1) is 10.1. The van der Waals surface area contributed by atoms with Crippen LogP contribution in [0.15, 0.2) is 30.3 Å². The first-order valence-corrected chi connectivity index (χ1v) is 8.86. The van der Waals surface area contributed by atoms with Crippen molar-refractivity contribution in [2.45, 2.75) is 56.2 Å². The highest BCUT2D eigenvalue weighted by Crippen LogP contribution is 2.24. The number of carbonyl (C=O) groups excluding carboxylic acids is 1. The smallest absolute Gasteiger partial charge is 0.235 e. The second kappa shape index (κ2) is 9.43. The molecule has 1 aliphatic heterocycles. The summed E-state index contributed by atoms with van der Waals surface area (Å²) in [4.78, 5) is 14.7. The molecule has 5 heteroatoms. The second-order valence-corrected chi connectivity index (χ2v) is 7.22. The minimum Gasteiger partial charge on any atom is -0.337 e. The Morgan fingerprint density at radius 1 is 1.32 bits per heavy atom. The standard InChI is InChI=1S/C17H26N2OS.ClH/c1-13(18)16-10-6-7-11-19(16)17(20)14(2)21-12-15-8-4-3-5-9-15;/h3-5,8-9,13-14,16H,6-7,10-12,18H2,1-2H3;1H. The fraction of sp³-hybridized carbons (Fsp3) is 0.588. The lowest BCUT2D eigenvalue weighted by molar-refractivity contribution is -0.134. The van der Waals surface area contributed by atoms with Crippen LogP contribution in [0.3, 0.4) is 0 Å². The minimum atomic E-state index is -0.00967. The summed E-state index contributed by atoms with van der Waals surface area (Å²) in [6.45, 7) is 4.89. The van der Waals surface area contributed by atoms with Crippen molar-refractivity contribution in [3.8, 4) is 0 Å². The molecule has 0 saturated carbocycles. The predicted molar refractivity (Wildman–Crippen MR) is 97.4 cm³/mol. The lowest BCUT2D eigenvalue weighted by Crippen LogP contribution is -2.53. The quantitative estimate of drug-likeness (QED) is 0.891. The Morgan fingerprint density at radius 2 is 2.00 bits per heavy atom. The fourth-order valence-corrected chi connectivity index (χ4v) is 3.79. The van der Waals surface area contributed by atoms with Gasteiger partial charge in [0.2, 0.25) is 5.91 Å². The molecule has 1 heterocycles. The van der Waals surface area contributed by atoms with Gasteiger partial charge in [0, 0.05) is 24.4 Å². The topological polar surface area (TPSA) is 46.3 Å². The van der Waals surface area contributed by atoms with Crippen molar-refractivity contribution in [2.24, 2.45) is 5.73 Å². The summed E-state index contributed by atoms with van der Waals surface area (Å²) < 4.78 is 0. The molecule has 1 saturated heterocycles. The van der Waals surface area contributed by atoms with Gasteiger partial charge in [0.1, 0.15) is 0 Å². The highest BCUT2D eigenvalue weighted by Gasteiger charge is 2.31. The highest BCUT2D eigenvalue weighted by molar-refractivity contribution is 7.99. The number of nitrogens with zero attached hydrogens (tertiary/aromatic N) is 1. The monoisotopic (exact) mass is 342 g/mol. The summed E-state index contributed by atoms with van der Waals surface area (Å²) in [6, 6.07) is 10.6. The average Bonchev–Trinajstić information content (AvgIpc) is 2.52. The third kappa shape index (κ3) is 5.18. The molecule has 3 unspecified atom stereocenters. The molecule has 0 spiro atoms. The lowest BCUT2D eigenvalue weighted by atomic mass is 9.96. The van der Waals surface area contributed by atoms with Crippen LogP contribution >= 0.6 is 24.2 Å². The number of benzene rings is 1. The van der Waals surface area contributed by atoms with E-state index in [2.05, 4.69) is 12.1 Å². The zero-order chi connectivity index (χ0) is 15.2. The van der Waals surface area contributed by atoms with Gasteiger partial charge in [-0.1, -0.05) is 30.3 Å². The van der Waals surface area contributed by atoms with E-state index in [1.165, 1.54) is 12.0 Å². The Hall–Kier alpha value is -0.710. The van der Waals surface area contributed by atoms with Crippen molar-refractivity contribution in [2.75, 3.05) is 6.54 Å². The van der Waals surface area contributed by atoms with Gasteiger partial charge in [-0.2, -0.15) is 0 Å². The van der Waals surface area contributed by atoms with Crippen molar-refractivity contribution in [3.05, 3.63) is 35.9 Å². The largest absolute Gasteiger partial charge is 0.337 e. The first-order valence-electron chi connectivity index (χ1n) is 7.81. The molecule has 1 aromatic carbocycles. The summed E-state index contributed by atoms with van der Waals surface area (Å²) in [5, 5.41) is -0.00967. The van der Waals surface area contributed by atoms with Gasteiger partial charge in [-0.05, 0) is 38.7 Å². The number of halogens is 1. The van der Waals surface area contributed by atoms with E-state index >= 15 is 0 Å². The van der Waals surface area contributed by atoms with Crippen LogP contribution in [0, 0.1) is 0 Å². The number of carbonyl (C=O) groups is 1. The van der Waals surface area contributed by atoms with Gasteiger partial charge in [-0.3, -0.25) is 4.79 Å². The molecular formula is C17H27ClN2OS. The maximum absolute atomic E-state index is 12.7. The third-order valence-electron chi connectivity index (χ3n) is 4.13. The zero-order valence-corrected chi connectivity index (χ0v) is 15.0. The molecule has 2 rings (SSSR count). The molecule has 0 radical (unpaired) electrons. The van der Waals surface area contributed by atoms with Crippen molar-refractivity contribution in [1.82, 2.24) is 4.90 Å². The van der Waals surface area contributed by atoms with Crippen LogP contribution in [0.25, 0.3) is 0 Å². The molecule has 0 aromatic heterocycles. The van der Waals surface area contributed by atoms with Crippen LogP contribution in [0.1, 0.15) is 38.7 Å². The van der Waals surface area contributed by atoms with Gasteiger partial charge >= 0.3 is 0 Å². The molecule has 1 aliphatic rings. The van der Waals surface area contributed by atoms with Crippen LogP contribution in [-0.2, 0) is 10.5 Å². The number of rotatable bonds is 5. The summed E-state index contributed by atoms with van der Waals surface area (Å²) in [5.41, 5.74) is 7.33. The van der Waals surface area contributed by atoms with Gasteiger partial charge in [-0.25, -0.2) is 0 Å². The number of thioether (sulfide) groups is 1. The van der Waals surface area contributed by atoms with Crippen LogP contribution < -0.4 is 5.73 Å². The number of nitrogens with two attached hydrogens (primary N) is 1. The molecule has 22 heavy (non-hydrogen) atoms. The Balaban J connectivity index is 0.00000242. The van der Waals surface area contributed by atoms with Crippen LogP contribution in [0.2, 0.25) is 0 Å². The van der Waals surface area contributed by atoms with E-state index in [0.717, 1.165) is 25.1 Å². The van der Waals surface area contributed by atoms with Gasteiger partial charge in [0.25, 0.3) is 0 Å². The Bertz CT molecular complexity index is 455. The predicted octanol–water partition coefficient (Wildman–Crippen LogP) is 3.46. The summed E-state index contributed by atoms with van der Waals surface area (Å²) in [7, 11) is 0. The zero-order valence-electron chi connectivity index (χ0n) is 13.4. The first kappa shape index (κ1) is 19.3. The molecule has 3 nitrogen and oxygen atoms in total. The summed E-state index contributed by atoms with van der Waals surface area (Å²) in [5.74, 6) is 1.13. The van der Waals surface area contributed by atoms with E-state index in [0.29, 0.717) is 0 Å². The van der Waals surface area contributed by atoms with Crippen molar-refractivity contribution < 1.29 is 4.79 Å². The van der Waals surface area contributed by atoms with Crippen LogP contribution in [0.5, 0.6) is 0 Å². The molecule has 124 valence electrons. The third-order valence-corrected chi connectivity index (χ3v) is 5.33. The van der Waals surface area contributed by atoms with Gasteiger partial charge in [0.05, 0.1) is 5.25 Å². The van der Waals surface area contributed by atoms with E-state index in [1.807, 2.05) is 36.9 Å². The van der Waals surface area contributed by atoms with Gasteiger partial charge in [-0.15, -0.1) is 24.2 Å². The number of hydrogen-bond donors (Lipinski definition) is 1. The van der Waals surface area contributed by atoms with Crippen molar-refractivity contribution >= 4 is 30.1 Å². The summed E-state index contributed by atoms with van der Waals surface area (Å²) in [6.07, 6.45) is 3.33. The molecule has 0 aliphatic carbocycles. The maximum atomic E-state index is 12.7. The molecule has 1 fully saturated rings. The number of piperidine rings is 1. The molecule has 3 atom stereocenters. The number of likely N-dealkylation sites (tertiary alicyclic amines) is 1. The van der Waals surface area contributed by atoms with Crippen molar-refractivity contribution in [3.63, 3.8) is 0 Å². The normalized spacial score (nSPS) is 20.9. The molecule has 1 amide bonds. The molecule has 1 aromatic rings. The van der Waals surface area contributed by atoms with E-state index in [1.54, 1.807) is 11.8 Å². The second-order valence-electron chi connectivity index (χ2n) is 5.89. The Labute approximate surface area is 144 Å². The van der Waals surface area contributed by atoms with Crippen molar-refractivity contribution in [1.29, 1.82) is 0 Å². The molecule has 0 bridgehead atoms. The minimum absolute atomic E-state index is 0. The number of amides is 1. The van der Waals surface area contributed by atoms with E-state index in [9.17, 15) is 4.79 Å². The van der Waals surface area contributed by atoms with Gasteiger partial charge < -0.3 is 10.6 Å². The fourth-order valence-electron chi connectivity index (χ4n) is 2.88. The van der Waals surface area contributed by atoms with Crippen LogP contribution in [0.4, 0.5) is 0 Å². The highest BCUT2D eigenvalue weighted by atomic mass is 35.5. The van der Waals surface area contributed by atoms with E-state index in [4.69, 9.17) is 5.73 Å². The Morgan fingerprint density at radius 3 is 2.64 bits per heavy atom. The number of hydrogen-bond acceptors (Lipinski definition) is 3. The van der Waals surface area contributed by atoms with E-state index in [-0.39, 0.29) is 35.6 Å². The average molecular weight is 343 g/mol. The van der Waals surface area contributed by atoms with Crippen LogP contribution in [-0.4, -0.2) is 34.7 Å². The Kier molecular flexibility index (Phi) is 8.29. The summed E-state index contributed by atoms with van der Waals surface area (Å²) >= 11 is 1.71. The molecule has 2 N–H and O–H groups in total. The molecular weight excluding hydrogens is 316 g/mol. The maximum Gasteiger partial charge on any atom is 0.235 e.